The molecule has 1 unspecified atom stereocenters. The summed E-state index contributed by atoms with van der Waals surface area (Å²) >= 11 is 0. The Morgan fingerprint density at radius 2 is 1.42 bits per heavy atom. The Balaban J connectivity index is 1.84. The van der Waals surface area contributed by atoms with E-state index in [1.54, 1.807) is 14.2 Å². The van der Waals surface area contributed by atoms with Crippen LogP contribution >= 0.6 is 0 Å². The SMILES string of the molecule is CCCC(C)Nc1ccnc(N(Cc2ccc(OC)cc2)Cc2ccc(OC)cc2)n1. The van der Waals surface area contributed by atoms with Gasteiger partial charge in [0.05, 0.1) is 14.2 Å². The maximum Gasteiger partial charge on any atom is 0.227 e. The van der Waals surface area contributed by atoms with Crippen LogP contribution in [0.3, 0.4) is 0 Å². The average Bonchev–Trinajstić information content (AvgIpc) is 2.80. The first-order valence-electron chi connectivity index (χ1n) is 10.7. The van der Waals surface area contributed by atoms with E-state index in [4.69, 9.17) is 14.5 Å². The van der Waals surface area contributed by atoms with Crippen molar-refractivity contribution in [1.29, 1.82) is 0 Å². The van der Waals surface area contributed by atoms with Crippen molar-refractivity contribution in [3.63, 3.8) is 0 Å². The van der Waals surface area contributed by atoms with Crippen molar-refractivity contribution in [1.82, 2.24) is 9.97 Å². The molecule has 3 aromatic rings. The zero-order chi connectivity index (χ0) is 22.1. The van der Waals surface area contributed by atoms with Crippen molar-refractivity contribution in [3.05, 3.63) is 71.9 Å². The van der Waals surface area contributed by atoms with Gasteiger partial charge >= 0.3 is 0 Å². The van der Waals surface area contributed by atoms with Crippen molar-refractivity contribution in [2.75, 3.05) is 24.4 Å². The van der Waals surface area contributed by atoms with Crippen LogP contribution in [0.25, 0.3) is 0 Å². The summed E-state index contributed by atoms with van der Waals surface area (Å²) in [6.07, 6.45) is 4.05. The van der Waals surface area contributed by atoms with Crippen molar-refractivity contribution in [2.24, 2.45) is 0 Å². The van der Waals surface area contributed by atoms with Gasteiger partial charge in [0.2, 0.25) is 5.95 Å². The van der Waals surface area contributed by atoms with E-state index in [1.807, 2.05) is 36.5 Å². The van der Waals surface area contributed by atoms with Crippen LogP contribution in [0.15, 0.2) is 60.8 Å². The van der Waals surface area contributed by atoms with E-state index in [2.05, 4.69) is 53.3 Å². The summed E-state index contributed by atoms with van der Waals surface area (Å²) in [5.74, 6) is 3.23. The van der Waals surface area contributed by atoms with Crippen molar-refractivity contribution >= 4 is 11.8 Å². The molecule has 1 N–H and O–H groups in total. The first-order valence-corrected chi connectivity index (χ1v) is 10.7. The molecule has 1 heterocycles. The monoisotopic (exact) mass is 420 g/mol. The normalized spacial score (nSPS) is 11.6. The molecule has 3 rings (SSSR count). The van der Waals surface area contributed by atoms with Crippen LogP contribution in [0.4, 0.5) is 11.8 Å². The highest BCUT2D eigenvalue weighted by molar-refractivity contribution is 5.44. The number of hydrogen-bond acceptors (Lipinski definition) is 6. The molecule has 0 aliphatic carbocycles. The number of aromatic nitrogens is 2. The number of hydrogen-bond donors (Lipinski definition) is 1. The summed E-state index contributed by atoms with van der Waals surface area (Å²) in [6, 6.07) is 18.5. The number of anilines is 2. The molecule has 0 spiro atoms. The van der Waals surface area contributed by atoms with Gasteiger partial charge in [-0.25, -0.2) is 4.98 Å². The molecule has 0 aliphatic rings. The molecule has 0 amide bonds. The average molecular weight is 421 g/mol. The van der Waals surface area contributed by atoms with Crippen LogP contribution in [0.1, 0.15) is 37.8 Å². The Morgan fingerprint density at radius 1 is 0.871 bits per heavy atom. The number of nitrogens with zero attached hydrogens (tertiary/aromatic N) is 3. The lowest BCUT2D eigenvalue weighted by molar-refractivity contribution is 0.414. The first-order chi connectivity index (χ1) is 15.1. The molecular weight excluding hydrogens is 388 g/mol. The second kappa shape index (κ2) is 11.2. The third-order valence-corrected chi connectivity index (χ3v) is 5.11. The smallest absolute Gasteiger partial charge is 0.227 e. The van der Waals surface area contributed by atoms with E-state index in [0.29, 0.717) is 25.1 Å². The van der Waals surface area contributed by atoms with E-state index >= 15 is 0 Å². The van der Waals surface area contributed by atoms with Crippen molar-refractivity contribution in [2.45, 2.75) is 45.8 Å². The molecule has 0 bridgehead atoms. The molecule has 6 nitrogen and oxygen atoms in total. The van der Waals surface area contributed by atoms with E-state index in [-0.39, 0.29) is 0 Å². The van der Waals surface area contributed by atoms with Crippen LogP contribution in [-0.2, 0) is 13.1 Å². The van der Waals surface area contributed by atoms with Crippen LogP contribution < -0.4 is 19.7 Å². The lowest BCUT2D eigenvalue weighted by atomic mass is 10.1. The van der Waals surface area contributed by atoms with Gasteiger partial charge < -0.3 is 19.7 Å². The molecular formula is C25H32N4O2. The first kappa shape index (κ1) is 22.4. The summed E-state index contributed by atoms with van der Waals surface area (Å²) < 4.78 is 10.6. The Bertz CT molecular complexity index is 880. The minimum absolute atomic E-state index is 0.365. The molecule has 0 radical (unpaired) electrons. The molecule has 0 fully saturated rings. The summed E-state index contributed by atoms with van der Waals surface area (Å²) in [6.45, 7) is 5.74. The zero-order valence-corrected chi connectivity index (χ0v) is 18.8. The van der Waals surface area contributed by atoms with Gasteiger partial charge in [0.25, 0.3) is 0 Å². The topological polar surface area (TPSA) is 59.5 Å². The molecule has 0 aliphatic heterocycles. The fourth-order valence-corrected chi connectivity index (χ4v) is 3.44. The maximum atomic E-state index is 5.29. The zero-order valence-electron chi connectivity index (χ0n) is 18.8. The van der Waals surface area contributed by atoms with E-state index in [1.165, 1.54) is 0 Å². The van der Waals surface area contributed by atoms with E-state index in [9.17, 15) is 0 Å². The highest BCUT2D eigenvalue weighted by Gasteiger charge is 2.13. The van der Waals surface area contributed by atoms with Gasteiger partial charge in [0.1, 0.15) is 17.3 Å². The Morgan fingerprint density at radius 3 is 1.90 bits per heavy atom. The number of ether oxygens (including phenoxy) is 2. The third kappa shape index (κ3) is 6.60. The molecule has 6 heteroatoms. The number of methoxy groups -OCH3 is 2. The molecule has 1 atom stereocenters. The minimum Gasteiger partial charge on any atom is -0.497 e. The lowest BCUT2D eigenvalue weighted by Crippen LogP contribution is -2.25. The predicted molar refractivity (Wildman–Crippen MR) is 126 cm³/mol. The second-order valence-electron chi connectivity index (χ2n) is 7.63. The van der Waals surface area contributed by atoms with Gasteiger partial charge in [-0.05, 0) is 54.8 Å². The fraction of sp³-hybridized carbons (Fsp3) is 0.360. The minimum atomic E-state index is 0.365. The van der Waals surface area contributed by atoms with Crippen LogP contribution in [0.2, 0.25) is 0 Å². The van der Waals surface area contributed by atoms with Gasteiger partial charge in [0.15, 0.2) is 0 Å². The molecule has 31 heavy (non-hydrogen) atoms. The highest BCUT2D eigenvalue weighted by atomic mass is 16.5. The van der Waals surface area contributed by atoms with E-state index in [0.717, 1.165) is 41.3 Å². The second-order valence-corrected chi connectivity index (χ2v) is 7.63. The standard InChI is InChI=1S/C25H32N4O2/c1-5-6-19(2)27-24-15-16-26-25(28-24)29(17-20-7-11-22(30-3)12-8-20)18-21-9-13-23(31-4)14-10-21/h7-16,19H,5-6,17-18H2,1-4H3,(H,26,27,28). The van der Waals surface area contributed by atoms with Gasteiger partial charge in [-0.1, -0.05) is 37.6 Å². The number of nitrogens with one attached hydrogen (secondary N) is 1. The van der Waals surface area contributed by atoms with Crippen LogP contribution in [0.5, 0.6) is 11.5 Å². The lowest BCUT2D eigenvalue weighted by Gasteiger charge is -2.24. The van der Waals surface area contributed by atoms with Gasteiger partial charge in [0, 0.05) is 25.3 Å². The Labute approximate surface area is 185 Å². The molecule has 2 aromatic carbocycles. The van der Waals surface area contributed by atoms with Gasteiger partial charge in [-0.3, -0.25) is 0 Å². The van der Waals surface area contributed by atoms with Gasteiger partial charge in [-0.15, -0.1) is 0 Å². The van der Waals surface area contributed by atoms with Crippen LogP contribution in [-0.4, -0.2) is 30.2 Å². The number of rotatable bonds is 11. The predicted octanol–water partition coefficient (Wildman–Crippen LogP) is 5.30. The molecule has 164 valence electrons. The summed E-state index contributed by atoms with van der Waals surface area (Å²) in [4.78, 5) is 11.6. The number of benzene rings is 2. The van der Waals surface area contributed by atoms with Crippen molar-refractivity contribution < 1.29 is 9.47 Å². The Hall–Kier alpha value is -3.28. The summed E-state index contributed by atoms with van der Waals surface area (Å²) in [7, 11) is 3.35. The molecule has 0 saturated carbocycles. The maximum absolute atomic E-state index is 5.29. The quantitative estimate of drug-likeness (QED) is 0.454. The summed E-state index contributed by atoms with van der Waals surface area (Å²) in [5.41, 5.74) is 2.33. The van der Waals surface area contributed by atoms with E-state index < -0.39 is 0 Å². The van der Waals surface area contributed by atoms with Crippen LogP contribution in [0, 0.1) is 0 Å². The molecule has 0 saturated heterocycles. The largest absolute Gasteiger partial charge is 0.497 e. The highest BCUT2D eigenvalue weighted by Crippen LogP contribution is 2.21. The molecule has 1 aromatic heterocycles. The third-order valence-electron chi connectivity index (χ3n) is 5.11. The summed E-state index contributed by atoms with van der Waals surface area (Å²) in [5, 5.41) is 3.49. The van der Waals surface area contributed by atoms with Gasteiger partial charge in [-0.2, -0.15) is 4.98 Å². The van der Waals surface area contributed by atoms with Crippen molar-refractivity contribution in [3.8, 4) is 11.5 Å². The Kier molecular flexibility index (Phi) is 8.10. The fourth-order valence-electron chi connectivity index (χ4n) is 3.44.